The number of nitriles is 1. The molecular formula is C14H19N3O. The molecule has 0 amide bonds. The Bertz CT molecular complexity index is 425. The fraction of sp³-hybridized carbons (Fsp3) is 0.571. The summed E-state index contributed by atoms with van der Waals surface area (Å²) in [6, 6.07) is 6.05. The summed E-state index contributed by atoms with van der Waals surface area (Å²) in [7, 11) is 1.76. The minimum absolute atomic E-state index is 0.548. The molecule has 18 heavy (non-hydrogen) atoms. The zero-order chi connectivity index (χ0) is 12.8. The Morgan fingerprint density at radius 1 is 1.61 bits per heavy atom. The summed E-state index contributed by atoms with van der Waals surface area (Å²) >= 11 is 0. The van der Waals surface area contributed by atoms with Crippen LogP contribution >= 0.6 is 0 Å². The number of pyridine rings is 1. The van der Waals surface area contributed by atoms with Gasteiger partial charge >= 0.3 is 0 Å². The predicted molar refractivity (Wildman–Crippen MR) is 68.8 cm³/mol. The van der Waals surface area contributed by atoms with Crippen molar-refractivity contribution in [2.75, 3.05) is 26.8 Å². The Kier molecular flexibility index (Phi) is 4.68. The molecule has 0 aromatic carbocycles. The van der Waals surface area contributed by atoms with Crippen molar-refractivity contribution in [3.05, 3.63) is 29.6 Å². The summed E-state index contributed by atoms with van der Waals surface area (Å²) in [6.07, 6.45) is 4.12. The molecule has 1 aliphatic rings. The Morgan fingerprint density at radius 3 is 3.28 bits per heavy atom. The van der Waals surface area contributed by atoms with Crippen LogP contribution in [-0.4, -0.2) is 36.7 Å². The van der Waals surface area contributed by atoms with E-state index < -0.39 is 0 Å². The summed E-state index contributed by atoms with van der Waals surface area (Å²) in [4.78, 5) is 6.50. The number of ether oxygens (including phenoxy) is 1. The van der Waals surface area contributed by atoms with Crippen LogP contribution in [0.1, 0.15) is 24.1 Å². The molecular weight excluding hydrogens is 226 g/mol. The number of piperidine rings is 1. The van der Waals surface area contributed by atoms with Crippen LogP contribution in [0.2, 0.25) is 0 Å². The molecule has 1 aliphatic heterocycles. The Morgan fingerprint density at radius 2 is 2.50 bits per heavy atom. The second-order valence-electron chi connectivity index (χ2n) is 4.82. The van der Waals surface area contributed by atoms with Crippen molar-refractivity contribution in [1.82, 2.24) is 9.88 Å². The molecule has 1 saturated heterocycles. The summed E-state index contributed by atoms with van der Waals surface area (Å²) in [6.45, 7) is 3.79. The standard InChI is InChI=1S/C14H19N3O/c1-18-11-12-4-3-7-17(9-12)10-13-5-2-6-16-14(13)8-15/h2,5-6,12H,3-4,7,9-11H2,1H3. The van der Waals surface area contributed by atoms with Crippen LogP contribution in [0.15, 0.2) is 18.3 Å². The van der Waals surface area contributed by atoms with E-state index in [1.54, 1.807) is 13.3 Å². The molecule has 1 unspecified atom stereocenters. The molecule has 96 valence electrons. The number of likely N-dealkylation sites (tertiary alicyclic amines) is 1. The van der Waals surface area contributed by atoms with Gasteiger partial charge in [-0.1, -0.05) is 6.07 Å². The van der Waals surface area contributed by atoms with Crippen molar-refractivity contribution in [2.24, 2.45) is 5.92 Å². The average molecular weight is 245 g/mol. The van der Waals surface area contributed by atoms with Gasteiger partial charge in [-0.3, -0.25) is 4.90 Å². The van der Waals surface area contributed by atoms with E-state index in [1.165, 1.54) is 12.8 Å². The van der Waals surface area contributed by atoms with Gasteiger partial charge in [0.1, 0.15) is 11.8 Å². The SMILES string of the molecule is COCC1CCCN(Cc2cccnc2C#N)C1. The Balaban J connectivity index is 1.98. The third-order valence-corrected chi connectivity index (χ3v) is 3.40. The van der Waals surface area contributed by atoms with Gasteiger partial charge in [-0.05, 0) is 31.4 Å². The smallest absolute Gasteiger partial charge is 0.144 e. The minimum atomic E-state index is 0.548. The van der Waals surface area contributed by atoms with Gasteiger partial charge in [0, 0.05) is 32.0 Å². The molecule has 1 fully saturated rings. The molecule has 1 aromatic rings. The van der Waals surface area contributed by atoms with Crippen molar-refractivity contribution >= 4 is 0 Å². The second kappa shape index (κ2) is 6.48. The quantitative estimate of drug-likeness (QED) is 0.811. The van der Waals surface area contributed by atoms with Gasteiger partial charge < -0.3 is 4.74 Å². The van der Waals surface area contributed by atoms with Crippen molar-refractivity contribution in [2.45, 2.75) is 19.4 Å². The highest BCUT2D eigenvalue weighted by molar-refractivity contribution is 5.30. The average Bonchev–Trinajstić information content (AvgIpc) is 2.40. The molecule has 0 aliphatic carbocycles. The molecule has 4 heteroatoms. The number of aromatic nitrogens is 1. The normalized spacial score (nSPS) is 20.6. The second-order valence-corrected chi connectivity index (χ2v) is 4.82. The minimum Gasteiger partial charge on any atom is -0.384 e. The maximum absolute atomic E-state index is 9.03. The number of hydrogen-bond acceptors (Lipinski definition) is 4. The molecule has 0 spiro atoms. The van der Waals surface area contributed by atoms with Crippen LogP contribution in [0.25, 0.3) is 0 Å². The predicted octanol–water partition coefficient (Wildman–Crippen LogP) is 1.81. The lowest BCUT2D eigenvalue weighted by molar-refractivity contribution is 0.0873. The molecule has 1 atom stereocenters. The van der Waals surface area contributed by atoms with E-state index >= 15 is 0 Å². The summed E-state index contributed by atoms with van der Waals surface area (Å²) < 4.78 is 5.23. The highest BCUT2D eigenvalue weighted by Crippen LogP contribution is 2.19. The third kappa shape index (κ3) is 3.28. The van der Waals surface area contributed by atoms with Crippen LogP contribution in [0, 0.1) is 17.2 Å². The van der Waals surface area contributed by atoms with E-state index in [1.807, 2.05) is 12.1 Å². The van der Waals surface area contributed by atoms with E-state index in [9.17, 15) is 0 Å². The fourth-order valence-electron chi connectivity index (χ4n) is 2.57. The lowest BCUT2D eigenvalue weighted by Gasteiger charge is -2.32. The molecule has 0 saturated carbocycles. The maximum Gasteiger partial charge on any atom is 0.144 e. The zero-order valence-electron chi connectivity index (χ0n) is 10.8. The molecule has 0 radical (unpaired) electrons. The van der Waals surface area contributed by atoms with Gasteiger partial charge in [-0.2, -0.15) is 5.26 Å². The van der Waals surface area contributed by atoms with Crippen molar-refractivity contribution in [3.8, 4) is 6.07 Å². The largest absolute Gasteiger partial charge is 0.384 e. The molecule has 2 rings (SSSR count). The van der Waals surface area contributed by atoms with Crippen LogP contribution in [0.4, 0.5) is 0 Å². The van der Waals surface area contributed by atoms with Gasteiger partial charge in [0.2, 0.25) is 0 Å². The molecule has 2 heterocycles. The van der Waals surface area contributed by atoms with Crippen molar-refractivity contribution in [3.63, 3.8) is 0 Å². The summed E-state index contributed by atoms with van der Waals surface area (Å²) in [5.74, 6) is 0.617. The highest BCUT2D eigenvalue weighted by Gasteiger charge is 2.20. The van der Waals surface area contributed by atoms with Crippen LogP contribution in [-0.2, 0) is 11.3 Å². The first-order valence-corrected chi connectivity index (χ1v) is 6.38. The molecule has 0 N–H and O–H groups in total. The van der Waals surface area contributed by atoms with Gasteiger partial charge in [-0.15, -0.1) is 0 Å². The van der Waals surface area contributed by atoms with Crippen LogP contribution in [0.5, 0.6) is 0 Å². The molecule has 4 nitrogen and oxygen atoms in total. The van der Waals surface area contributed by atoms with Crippen LogP contribution in [0.3, 0.4) is 0 Å². The van der Waals surface area contributed by atoms with E-state index in [2.05, 4.69) is 16.0 Å². The topological polar surface area (TPSA) is 49.1 Å². The van der Waals surface area contributed by atoms with Gasteiger partial charge in [-0.25, -0.2) is 4.98 Å². The highest BCUT2D eigenvalue weighted by atomic mass is 16.5. The number of methoxy groups -OCH3 is 1. The van der Waals surface area contributed by atoms with Crippen molar-refractivity contribution < 1.29 is 4.74 Å². The molecule has 1 aromatic heterocycles. The lowest BCUT2D eigenvalue weighted by Crippen LogP contribution is -2.36. The first-order chi connectivity index (χ1) is 8.83. The molecule has 0 bridgehead atoms. The number of nitrogens with zero attached hydrogens (tertiary/aromatic N) is 3. The Hall–Kier alpha value is -1.44. The third-order valence-electron chi connectivity index (χ3n) is 3.40. The van der Waals surface area contributed by atoms with Gasteiger partial charge in [0.05, 0.1) is 6.61 Å². The fourth-order valence-corrected chi connectivity index (χ4v) is 2.57. The van der Waals surface area contributed by atoms with E-state index in [0.29, 0.717) is 11.6 Å². The Labute approximate surface area is 108 Å². The van der Waals surface area contributed by atoms with E-state index in [0.717, 1.165) is 31.8 Å². The first kappa shape index (κ1) is 13.0. The van der Waals surface area contributed by atoms with E-state index in [-0.39, 0.29) is 0 Å². The van der Waals surface area contributed by atoms with Gasteiger partial charge in [0.25, 0.3) is 0 Å². The lowest BCUT2D eigenvalue weighted by atomic mass is 9.98. The van der Waals surface area contributed by atoms with Crippen LogP contribution < -0.4 is 0 Å². The number of hydrogen-bond donors (Lipinski definition) is 0. The monoisotopic (exact) mass is 245 g/mol. The number of rotatable bonds is 4. The maximum atomic E-state index is 9.03. The van der Waals surface area contributed by atoms with E-state index in [4.69, 9.17) is 10.00 Å². The van der Waals surface area contributed by atoms with Gasteiger partial charge in [0.15, 0.2) is 0 Å². The zero-order valence-corrected chi connectivity index (χ0v) is 10.8. The summed E-state index contributed by atoms with van der Waals surface area (Å²) in [5.41, 5.74) is 1.57. The summed E-state index contributed by atoms with van der Waals surface area (Å²) in [5, 5.41) is 9.03. The first-order valence-electron chi connectivity index (χ1n) is 6.38. The van der Waals surface area contributed by atoms with Crippen molar-refractivity contribution in [1.29, 1.82) is 5.26 Å².